The molecule has 1 aliphatic rings. The molecule has 1 atom stereocenters. The molecule has 1 amide bonds. The number of carbonyl (C=O) groups excluding carboxylic acids is 1. The fourth-order valence-corrected chi connectivity index (χ4v) is 1.96. The summed E-state index contributed by atoms with van der Waals surface area (Å²) in [6.45, 7) is 2.70. The van der Waals surface area contributed by atoms with Crippen molar-refractivity contribution in [1.82, 2.24) is 5.32 Å². The predicted molar refractivity (Wildman–Crippen MR) is 64.1 cm³/mol. The number of nitrogens with two attached hydrogens (primary N) is 1. The van der Waals surface area contributed by atoms with Crippen LogP contribution in [0.3, 0.4) is 0 Å². The van der Waals surface area contributed by atoms with Gasteiger partial charge in [-0.05, 0) is 25.7 Å². The second kappa shape index (κ2) is 6.21. The maximum Gasteiger partial charge on any atom is 0.237 e. The lowest BCUT2D eigenvalue weighted by Gasteiger charge is -2.40. The maximum atomic E-state index is 11.7. The molecule has 16 heavy (non-hydrogen) atoms. The second-order valence-electron chi connectivity index (χ2n) is 4.71. The zero-order chi connectivity index (χ0) is 12.0. The minimum Gasteiger partial charge on any atom is -0.376 e. The SMILES string of the molecule is CCCC[C@H](N)C(=O)NCC1(OC)CCC1. The molecule has 1 aliphatic carbocycles. The lowest BCUT2D eigenvalue weighted by molar-refractivity contribution is -0.126. The van der Waals surface area contributed by atoms with E-state index in [2.05, 4.69) is 12.2 Å². The fourth-order valence-electron chi connectivity index (χ4n) is 1.96. The molecule has 0 heterocycles. The summed E-state index contributed by atoms with van der Waals surface area (Å²) in [5.41, 5.74) is 5.67. The minimum atomic E-state index is -0.367. The van der Waals surface area contributed by atoms with Crippen molar-refractivity contribution in [2.45, 2.75) is 57.1 Å². The van der Waals surface area contributed by atoms with Crippen LogP contribution in [0.4, 0.5) is 0 Å². The van der Waals surface area contributed by atoms with Gasteiger partial charge in [0.1, 0.15) is 0 Å². The third-order valence-electron chi connectivity index (χ3n) is 3.49. The van der Waals surface area contributed by atoms with Crippen LogP contribution in [0.5, 0.6) is 0 Å². The van der Waals surface area contributed by atoms with E-state index in [9.17, 15) is 4.79 Å². The summed E-state index contributed by atoms with van der Waals surface area (Å²) in [6, 6.07) is -0.367. The number of nitrogens with one attached hydrogen (secondary N) is 1. The van der Waals surface area contributed by atoms with Gasteiger partial charge >= 0.3 is 0 Å². The molecule has 1 saturated carbocycles. The largest absolute Gasteiger partial charge is 0.376 e. The highest BCUT2D eigenvalue weighted by molar-refractivity contribution is 5.81. The van der Waals surface area contributed by atoms with Crippen molar-refractivity contribution in [3.05, 3.63) is 0 Å². The van der Waals surface area contributed by atoms with Gasteiger partial charge in [-0.25, -0.2) is 0 Å². The minimum absolute atomic E-state index is 0.0447. The molecule has 1 fully saturated rings. The van der Waals surface area contributed by atoms with Crippen LogP contribution in [0.1, 0.15) is 45.4 Å². The summed E-state index contributed by atoms with van der Waals surface area (Å²) < 4.78 is 5.43. The van der Waals surface area contributed by atoms with Gasteiger partial charge in [-0.15, -0.1) is 0 Å². The molecule has 0 spiro atoms. The molecule has 0 saturated heterocycles. The second-order valence-corrected chi connectivity index (χ2v) is 4.71. The van der Waals surface area contributed by atoms with Gasteiger partial charge in [0.05, 0.1) is 11.6 Å². The summed E-state index contributed by atoms with van der Waals surface area (Å²) >= 11 is 0. The van der Waals surface area contributed by atoms with E-state index in [4.69, 9.17) is 10.5 Å². The zero-order valence-electron chi connectivity index (χ0n) is 10.4. The Morgan fingerprint density at radius 3 is 2.69 bits per heavy atom. The van der Waals surface area contributed by atoms with Crippen molar-refractivity contribution in [2.24, 2.45) is 5.73 Å². The van der Waals surface area contributed by atoms with E-state index < -0.39 is 0 Å². The summed E-state index contributed by atoms with van der Waals surface area (Å²) in [6.07, 6.45) is 6.10. The van der Waals surface area contributed by atoms with Crippen molar-refractivity contribution in [2.75, 3.05) is 13.7 Å². The molecule has 3 N–H and O–H groups in total. The number of unbranched alkanes of at least 4 members (excludes halogenated alkanes) is 1. The molecule has 0 aliphatic heterocycles. The maximum absolute atomic E-state index is 11.7. The number of carbonyl (C=O) groups is 1. The molecule has 94 valence electrons. The number of hydrogen-bond acceptors (Lipinski definition) is 3. The van der Waals surface area contributed by atoms with Crippen LogP contribution < -0.4 is 11.1 Å². The molecule has 4 heteroatoms. The van der Waals surface area contributed by atoms with Gasteiger partial charge in [-0.3, -0.25) is 4.79 Å². The normalized spacial score (nSPS) is 19.9. The molecular formula is C12H24N2O2. The topological polar surface area (TPSA) is 64.4 Å². The number of rotatable bonds is 7. The summed E-state index contributed by atoms with van der Waals surface area (Å²) in [4.78, 5) is 11.7. The Hall–Kier alpha value is -0.610. The van der Waals surface area contributed by atoms with Crippen molar-refractivity contribution in [3.63, 3.8) is 0 Å². The first-order chi connectivity index (χ1) is 7.63. The van der Waals surface area contributed by atoms with Crippen LogP contribution in [0.25, 0.3) is 0 Å². The van der Waals surface area contributed by atoms with Crippen molar-refractivity contribution >= 4 is 5.91 Å². The van der Waals surface area contributed by atoms with E-state index in [1.54, 1.807) is 7.11 Å². The number of ether oxygens (including phenoxy) is 1. The molecule has 0 bridgehead atoms. The van der Waals surface area contributed by atoms with Gasteiger partial charge in [0.15, 0.2) is 0 Å². The molecule has 0 radical (unpaired) electrons. The van der Waals surface area contributed by atoms with Gasteiger partial charge in [0.25, 0.3) is 0 Å². The average molecular weight is 228 g/mol. The first kappa shape index (κ1) is 13.5. The molecule has 1 rings (SSSR count). The van der Waals surface area contributed by atoms with Gasteiger partial charge in [0.2, 0.25) is 5.91 Å². The number of methoxy groups -OCH3 is 1. The van der Waals surface area contributed by atoms with Crippen LogP contribution in [0.2, 0.25) is 0 Å². The van der Waals surface area contributed by atoms with Crippen LogP contribution in [0, 0.1) is 0 Å². The Morgan fingerprint density at radius 1 is 1.56 bits per heavy atom. The van der Waals surface area contributed by atoms with Crippen LogP contribution in [-0.2, 0) is 9.53 Å². The van der Waals surface area contributed by atoms with Crippen molar-refractivity contribution < 1.29 is 9.53 Å². The van der Waals surface area contributed by atoms with Crippen molar-refractivity contribution in [1.29, 1.82) is 0 Å². The standard InChI is InChI=1S/C12H24N2O2/c1-3-4-6-10(13)11(15)14-9-12(16-2)7-5-8-12/h10H,3-9,13H2,1-2H3,(H,14,15)/t10-/m0/s1. The summed E-state index contributed by atoms with van der Waals surface area (Å²) in [5, 5.41) is 2.90. The summed E-state index contributed by atoms with van der Waals surface area (Å²) in [7, 11) is 1.71. The van der Waals surface area contributed by atoms with E-state index >= 15 is 0 Å². The molecule has 0 aromatic heterocycles. The monoisotopic (exact) mass is 228 g/mol. The smallest absolute Gasteiger partial charge is 0.237 e. The van der Waals surface area contributed by atoms with Crippen LogP contribution in [0.15, 0.2) is 0 Å². The van der Waals surface area contributed by atoms with E-state index in [0.29, 0.717) is 6.54 Å². The highest BCUT2D eigenvalue weighted by Crippen LogP contribution is 2.34. The van der Waals surface area contributed by atoms with E-state index in [1.165, 1.54) is 6.42 Å². The Bertz CT molecular complexity index is 222. The van der Waals surface area contributed by atoms with Gasteiger partial charge < -0.3 is 15.8 Å². The number of hydrogen-bond donors (Lipinski definition) is 2. The lowest BCUT2D eigenvalue weighted by Crippen LogP contribution is -2.52. The lowest BCUT2D eigenvalue weighted by atomic mass is 9.80. The third-order valence-corrected chi connectivity index (χ3v) is 3.49. The highest BCUT2D eigenvalue weighted by atomic mass is 16.5. The number of amides is 1. The van der Waals surface area contributed by atoms with Gasteiger partial charge in [-0.2, -0.15) is 0 Å². The quantitative estimate of drug-likeness (QED) is 0.688. The predicted octanol–water partition coefficient (Wildman–Crippen LogP) is 1.19. The van der Waals surface area contributed by atoms with Crippen LogP contribution >= 0.6 is 0 Å². The van der Waals surface area contributed by atoms with E-state index in [1.807, 2.05) is 0 Å². The Balaban J connectivity index is 2.23. The Kier molecular flexibility index (Phi) is 5.22. The van der Waals surface area contributed by atoms with Crippen LogP contribution in [-0.4, -0.2) is 31.2 Å². The third kappa shape index (κ3) is 3.46. The van der Waals surface area contributed by atoms with Gasteiger partial charge in [0, 0.05) is 13.7 Å². The van der Waals surface area contributed by atoms with Crippen molar-refractivity contribution in [3.8, 4) is 0 Å². The molecular weight excluding hydrogens is 204 g/mol. The zero-order valence-corrected chi connectivity index (χ0v) is 10.4. The Morgan fingerprint density at radius 2 is 2.25 bits per heavy atom. The highest BCUT2D eigenvalue weighted by Gasteiger charge is 2.37. The van der Waals surface area contributed by atoms with E-state index in [0.717, 1.165) is 32.1 Å². The first-order valence-corrected chi connectivity index (χ1v) is 6.22. The average Bonchev–Trinajstić information content (AvgIpc) is 2.24. The summed E-state index contributed by atoms with van der Waals surface area (Å²) in [5.74, 6) is -0.0447. The molecule has 0 unspecified atom stereocenters. The molecule has 0 aromatic carbocycles. The first-order valence-electron chi connectivity index (χ1n) is 6.22. The van der Waals surface area contributed by atoms with Gasteiger partial charge in [-0.1, -0.05) is 19.8 Å². The Labute approximate surface area is 97.9 Å². The van der Waals surface area contributed by atoms with E-state index in [-0.39, 0.29) is 17.6 Å². The molecule has 4 nitrogen and oxygen atoms in total. The molecule has 0 aromatic rings. The fraction of sp³-hybridized carbons (Fsp3) is 0.917.